The van der Waals surface area contributed by atoms with Gasteiger partial charge >= 0.3 is 0 Å². The van der Waals surface area contributed by atoms with Gasteiger partial charge in [-0.05, 0) is 47.7 Å². The van der Waals surface area contributed by atoms with E-state index in [-0.39, 0.29) is 11.6 Å². The van der Waals surface area contributed by atoms with Crippen LogP contribution < -0.4 is 4.74 Å². The van der Waals surface area contributed by atoms with E-state index >= 15 is 0 Å². The largest absolute Gasteiger partial charge is 0.497 e. The van der Waals surface area contributed by atoms with Gasteiger partial charge in [-0.1, -0.05) is 24.3 Å². The second-order valence-corrected chi connectivity index (χ2v) is 6.11. The molecule has 0 unspecified atom stereocenters. The molecule has 0 bridgehead atoms. The molecule has 1 amide bonds. The molecular weight excluding hydrogens is 327 g/mol. The van der Waals surface area contributed by atoms with Crippen LogP contribution in [0.4, 0.5) is 10.1 Å². The van der Waals surface area contributed by atoms with Gasteiger partial charge in [0.1, 0.15) is 17.3 Å². The van der Waals surface area contributed by atoms with E-state index in [1.807, 2.05) is 24.3 Å². The van der Waals surface area contributed by atoms with Gasteiger partial charge < -0.3 is 4.74 Å². The van der Waals surface area contributed by atoms with Crippen LogP contribution in [0.25, 0.3) is 6.08 Å². The predicted octanol–water partition coefficient (Wildman–Crippen LogP) is 4.07. The van der Waals surface area contributed by atoms with Gasteiger partial charge in [-0.25, -0.2) is 9.38 Å². The molecule has 2 aromatic rings. The molecule has 0 N–H and O–H groups in total. The van der Waals surface area contributed by atoms with Crippen molar-refractivity contribution in [3.63, 3.8) is 0 Å². The molecule has 0 aliphatic carbocycles. The Hall–Kier alpha value is -2.60. The number of amidine groups is 1. The summed E-state index contributed by atoms with van der Waals surface area (Å²) in [7, 11) is 3.22. The number of rotatable bonds is 3. The lowest BCUT2D eigenvalue weighted by molar-refractivity contribution is -0.121. The first kappa shape index (κ1) is 16.3. The number of ether oxygens (including phenoxy) is 1. The van der Waals surface area contributed by atoms with Crippen molar-refractivity contribution < 1.29 is 13.9 Å². The number of amides is 1. The number of halogens is 1. The Kier molecular flexibility index (Phi) is 4.66. The van der Waals surface area contributed by atoms with E-state index < -0.39 is 5.82 Å². The molecule has 0 saturated carbocycles. The fourth-order valence-corrected chi connectivity index (χ4v) is 3.16. The maximum absolute atomic E-state index is 13.7. The Balaban J connectivity index is 1.91. The molecule has 1 fully saturated rings. The van der Waals surface area contributed by atoms with Crippen molar-refractivity contribution in [2.75, 3.05) is 14.2 Å². The second-order valence-electron chi connectivity index (χ2n) is 5.10. The molecule has 1 saturated heterocycles. The van der Waals surface area contributed by atoms with Crippen LogP contribution in [0.1, 0.15) is 5.56 Å². The molecule has 3 rings (SSSR count). The number of aliphatic imine (C=N–C) groups is 1. The van der Waals surface area contributed by atoms with Gasteiger partial charge in [0, 0.05) is 7.05 Å². The minimum atomic E-state index is -0.420. The van der Waals surface area contributed by atoms with Crippen LogP contribution in [0.5, 0.6) is 5.75 Å². The molecule has 1 heterocycles. The van der Waals surface area contributed by atoms with Crippen molar-refractivity contribution in [2.24, 2.45) is 4.99 Å². The summed E-state index contributed by atoms with van der Waals surface area (Å²) < 4.78 is 18.9. The summed E-state index contributed by atoms with van der Waals surface area (Å²) in [4.78, 5) is 18.6. The van der Waals surface area contributed by atoms with Crippen LogP contribution in [-0.2, 0) is 4.79 Å². The number of thioether (sulfide) groups is 1. The maximum Gasteiger partial charge on any atom is 0.266 e. The third kappa shape index (κ3) is 3.33. The van der Waals surface area contributed by atoms with Crippen LogP contribution in [-0.4, -0.2) is 30.1 Å². The predicted molar refractivity (Wildman–Crippen MR) is 94.8 cm³/mol. The normalized spacial score (nSPS) is 17.8. The fraction of sp³-hybridized carbons (Fsp3) is 0.111. The highest BCUT2D eigenvalue weighted by molar-refractivity contribution is 8.18. The monoisotopic (exact) mass is 342 g/mol. The molecule has 24 heavy (non-hydrogen) atoms. The average molecular weight is 342 g/mol. The third-order valence-electron chi connectivity index (χ3n) is 3.46. The molecule has 0 spiro atoms. The van der Waals surface area contributed by atoms with Crippen molar-refractivity contribution in [2.45, 2.75) is 0 Å². The smallest absolute Gasteiger partial charge is 0.266 e. The molecule has 2 aromatic carbocycles. The first-order chi connectivity index (χ1) is 11.6. The zero-order valence-corrected chi connectivity index (χ0v) is 14.0. The summed E-state index contributed by atoms with van der Waals surface area (Å²) in [5.74, 6) is 0.128. The summed E-state index contributed by atoms with van der Waals surface area (Å²) in [5, 5.41) is 0.444. The van der Waals surface area contributed by atoms with Crippen LogP contribution >= 0.6 is 11.8 Å². The first-order valence-electron chi connectivity index (χ1n) is 7.23. The number of carbonyl (C=O) groups is 1. The highest BCUT2D eigenvalue weighted by Crippen LogP contribution is 2.33. The third-order valence-corrected chi connectivity index (χ3v) is 4.52. The van der Waals surface area contributed by atoms with Crippen molar-refractivity contribution in [1.82, 2.24) is 4.90 Å². The van der Waals surface area contributed by atoms with Gasteiger partial charge in [-0.2, -0.15) is 0 Å². The molecule has 4 nitrogen and oxygen atoms in total. The topological polar surface area (TPSA) is 41.9 Å². The van der Waals surface area contributed by atoms with Crippen LogP contribution in [0.3, 0.4) is 0 Å². The number of carbonyl (C=O) groups excluding carboxylic acids is 1. The average Bonchev–Trinajstić information content (AvgIpc) is 2.85. The molecule has 6 heteroatoms. The van der Waals surface area contributed by atoms with Crippen molar-refractivity contribution in [3.8, 4) is 5.75 Å². The number of hydrogen-bond donors (Lipinski definition) is 0. The molecule has 0 radical (unpaired) electrons. The Morgan fingerprint density at radius 3 is 2.75 bits per heavy atom. The van der Waals surface area contributed by atoms with Crippen molar-refractivity contribution >= 4 is 34.6 Å². The van der Waals surface area contributed by atoms with Crippen LogP contribution in [0.15, 0.2) is 58.4 Å². The number of para-hydroxylation sites is 1. The van der Waals surface area contributed by atoms with Gasteiger partial charge in [0.2, 0.25) is 0 Å². The summed E-state index contributed by atoms with van der Waals surface area (Å²) in [6, 6.07) is 13.6. The van der Waals surface area contributed by atoms with E-state index in [2.05, 4.69) is 4.99 Å². The summed E-state index contributed by atoms with van der Waals surface area (Å²) >= 11 is 1.22. The molecule has 122 valence electrons. The van der Waals surface area contributed by atoms with Crippen LogP contribution in [0.2, 0.25) is 0 Å². The molecule has 1 aliphatic heterocycles. The molecule has 1 aliphatic rings. The lowest BCUT2D eigenvalue weighted by atomic mass is 10.2. The Labute approximate surface area is 143 Å². The zero-order valence-electron chi connectivity index (χ0n) is 13.2. The molecule has 0 aromatic heterocycles. The quantitative estimate of drug-likeness (QED) is 0.790. The summed E-state index contributed by atoms with van der Waals surface area (Å²) in [6.45, 7) is 0. The highest BCUT2D eigenvalue weighted by Gasteiger charge is 2.30. The minimum absolute atomic E-state index is 0.169. The van der Waals surface area contributed by atoms with Gasteiger partial charge in [-0.3, -0.25) is 9.69 Å². The number of methoxy groups -OCH3 is 1. The van der Waals surface area contributed by atoms with E-state index in [0.29, 0.717) is 15.8 Å². The second kappa shape index (κ2) is 6.88. The van der Waals surface area contributed by atoms with Gasteiger partial charge in [0.15, 0.2) is 5.17 Å². The summed E-state index contributed by atoms with van der Waals surface area (Å²) in [5.41, 5.74) is 1.06. The standard InChI is InChI=1S/C18H15FN2O2S/c1-21-17(22)16(11-12-6-5-7-13(10-12)23-2)24-18(21)20-15-9-4-3-8-14(15)19/h3-11H,1-2H3/b16-11+,20-18?. The lowest BCUT2D eigenvalue weighted by Crippen LogP contribution is -2.23. The first-order valence-corrected chi connectivity index (χ1v) is 8.05. The minimum Gasteiger partial charge on any atom is -0.497 e. The molecule has 0 atom stereocenters. The highest BCUT2D eigenvalue weighted by atomic mass is 32.2. The fourth-order valence-electron chi connectivity index (χ4n) is 2.18. The summed E-state index contributed by atoms with van der Waals surface area (Å²) in [6.07, 6.45) is 1.77. The SMILES string of the molecule is COc1cccc(/C=C2/SC(=Nc3ccccc3F)N(C)C2=O)c1. The van der Waals surface area contributed by atoms with E-state index in [0.717, 1.165) is 5.56 Å². The maximum atomic E-state index is 13.7. The van der Waals surface area contributed by atoms with Gasteiger partial charge in [0.05, 0.1) is 12.0 Å². The van der Waals surface area contributed by atoms with Crippen LogP contribution in [0, 0.1) is 5.82 Å². The number of likely N-dealkylation sites (N-methyl/N-ethyl adjacent to an activating group) is 1. The Morgan fingerprint density at radius 2 is 2.00 bits per heavy atom. The van der Waals surface area contributed by atoms with Gasteiger partial charge in [-0.15, -0.1) is 0 Å². The van der Waals surface area contributed by atoms with E-state index in [4.69, 9.17) is 4.74 Å². The number of nitrogens with zero attached hydrogens (tertiary/aromatic N) is 2. The Bertz CT molecular complexity index is 848. The zero-order chi connectivity index (χ0) is 17.1. The lowest BCUT2D eigenvalue weighted by Gasteiger charge is -2.07. The van der Waals surface area contributed by atoms with E-state index in [9.17, 15) is 9.18 Å². The van der Waals surface area contributed by atoms with E-state index in [1.54, 1.807) is 38.4 Å². The Morgan fingerprint density at radius 1 is 1.21 bits per heavy atom. The number of benzene rings is 2. The van der Waals surface area contributed by atoms with Crippen molar-refractivity contribution in [1.29, 1.82) is 0 Å². The molecular formula is C18H15FN2O2S. The van der Waals surface area contributed by atoms with Crippen molar-refractivity contribution in [3.05, 3.63) is 64.8 Å². The van der Waals surface area contributed by atoms with E-state index in [1.165, 1.54) is 22.7 Å². The number of hydrogen-bond acceptors (Lipinski definition) is 4. The van der Waals surface area contributed by atoms with Gasteiger partial charge in [0.25, 0.3) is 5.91 Å².